The van der Waals surface area contributed by atoms with Crippen molar-refractivity contribution in [2.75, 3.05) is 13.2 Å². The predicted octanol–water partition coefficient (Wildman–Crippen LogP) is 2.72. The van der Waals surface area contributed by atoms with Gasteiger partial charge in [0.05, 0.1) is 6.61 Å². The Morgan fingerprint density at radius 3 is 2.94 bits per heavy atom. The third-order valence-electron chi connectivity index (χ3n) is 3.42. The molecular weight excluding hydrogens is 226 g/mol. The van der Waals surface area contributed by atoms with E-state index < -0.39 is 0 Å². The first-order valence-corrected chi connectivity index (χ1v) is 6.67. The highest BCUT2D eigenvalue weighted by Gasteiger charge is 2.23. The molecule has 3 heteroatoms. The van der Waals surface area contributed by atoms with Crippen molar-refractivity contribution in [3.8, 4) is 5.75 Å². The number of rotatable bonds is 5. The summed E-state index contributed by atoms with van der Waals surface area (Å²) in [4.78, 5) is 11.4. The van der Waals surface area contributed by atoms with E-state index in [1.54, 1.807) is 0 Å². The first kappa shape index (κ1) is 12.9. The molecule has 0 aliphatic carbocycles. The Morgan fingerprint density at radius 1 is 1.44 bits per heavy atom. The van der Waals surface area contributed by atoms with Crippen LogP contribution in [0.2, 0.25) is 0 Å². The molecule has 0 saturated carbocycles. The lowest BCUT2D eigenvalue weighted by atomic mass is 10.0. The van der Waals surface area contributed by atoms with Crippen LogP contribution in [-0.2, 0) is 4.79 Å². The standard InChI is InChI=1S/C15H21NO2/c1-11(2)13-4-3-5-14(10-13)18-9-7-12-6-8-16-15(12)17/h3-5,10-12H,6-9H2,1-2H3,(H,16,17). The molecule has 1 aromatic carbocycles. The van der Waals surface area contributed by atoms with E-state index in [1.165, 1.54) is 5.56 Å². The van der Waals surface area contributed by atoms with Gasteiger partial charge in [-0.25, -0.2) is 0 Å². The van der Waals surface area contributed by atoms with Crippen molar-refractivity contribution in [2.24, 2.45) is 5.92 Å². The van der Waals surface area contributed by atoms with Gasteiger partial charge in [-0.3, -0.25) is 4.79 Å². The highest BCUT2D eigenvalue weighted by molar-refractivity contribution is 5.80. The maximum Gasteiger partial charge on any atom is 0.223 e. The van der Waals surface area contributed by atoms with Crippen LogP contribution in [0, 0.1) is 5.92 Å². The molecule has 1 saturated heterocycles. The monoisotopic (exact) mass is 247 g/mol. The maximum atomic E-state index is 11.4. The fourth-order valence-corrected chi connectivity index (χ4v) is 2.20. The zero-order chi connectivity index (χ0) is 13.0. The lowest BCUT2D eigenvalue weighted by Crippen LogP contribution is -2.20. The van der Waals surface area contributed by atoms with Crippen molar-refractivity contribution >= 4 is 5.91 Å². The quantitative estimate of drug-likeness (QED) is 0.868. The van der Waals surface area contributed by atoms with Crippen LogP contribution in [-0.4, -0.2) is 19.1 Å². The molecule has 98 valence electrons. The summed E-state index contributed by atoms with van der Waals surface area (Å²) >= 11 is 0. The molecule has 18 heavy (non-hydrogen) atoms. The van der Waals surface area contributed by atoms with Gasteiger partial charge in [0.15, 0.2) is 0 Å². The minimum absolute atomic E-state index is 0.137. The van der Waals surface area contributed by atoms with Crippen LogP contribution in [0.5, 0.6) is 5.75 Å². The van der Waals surface area contributed by atoms with Crippen molar-refractivity contribution in [1.29, 1.82) is 0 Å². The highest BCUT2D eigenvalue weighted by atomic mass is 16.5. The van der Waals surface area contributed by atoms with E-state index >= 15 is 0 Å². The van der Waals surface area contributed by atoms with Crippen LogP contribution in [0.25, 0.3) is 0 Å². The van der Waals surface area contributed by atoms with E-state index in [0.717, 1.165) is 25.1 Å². The Hall–Kier alpha value is -1.51. The van der Waals surface area contributed by atoms with Crippen LogP contribution in [0.15, 0.2) is 24.3 Å². The third kappa shape index (κ3) is 3.25. The maximum absolute atomic E-state index is 11.4. The molecular formula is C15H21NO2. The molecule has 1 fully saturated rings. The van der Waals surface area contributed by atoms with E-state index in [-0.39, 0.29) is 11.8 Å². The van der Waals surface area contributed by atoms with Crippen molar-refractivity contribution in [2.45, 2.75) is 32.6 Å². The summed E-state index contributed by atoms with van der Waals surface area (Å²) < 4.78 is 5.73. The second kappa shape index (κ2) is 5.89. The van der Waals surface area contributed by atoms with E-state index in [1.807, 2.05) is 12.1 Å². The van der Waals surface area contributed by atoms with E-state index in [4.69, 9.17) is 4.74 Å². The molecule has 1 unspecified atom stereocenters. The molecule has 0 aromatic heterocycles. The largest absolute Gasteiger partial charge is 0.494 e. The molecule has 1 aromatic rings. The zero-order valence-corrected chi connectivity index (χ0v) is 11.1. The van der Waals surface area contributed by atoms with Crippen LogP contribution in [0.1, 0.15) is 38.2 Å². The highest BCUT2D eigenvalue weighted by Crippen LogP contribution is 2.21. The second-order valence-corrected chi connectivity index (χ2v) is 5.14. The van der Waals surface area contributed by atoms with Gasteiger partial charge < -0.3 is 10.1 Å². The number of carbonyl (C=O) groups excluding carboxylic acids is 1. The summed E-state index contributed by atoms with van der Waals surface area (Å²) in [6.45, 7) is 5.76. The summed E-state index contributed by atoms with van der Waals surface area (Å²) in [5, 5.41) is 2.85. The lowest BCUT2D eigenvalue weighted by molar-refractivity contribution is -0.122. The van der Waals surface area contributed by atoms with Gasteiger partial charge in [0.1, 0.15) is 5.75 Å². The van der Waals surface area contributed by atoms with Gasteiger partial charge in [-0.1, -0.05) is 26.0 Å². The normalized spacial score (nSPS) is 19.1. The van der Waals surface area contributed by atoms with Crippen molar-refractivity contribution in [1.82, 2.24) is 5.32 Å². The second-order valence-electron chi connectivity index (χ2n) is 5.14. The van der Waals surface area contributed by atoms with Crippen LogP contribution < -0.4 is 10.1 Å². The summed E-state index contributed by atoms with van der Waals surface area (Å²) in [6, 6.07) is 8.19. The van der Waals surface area contributed by atoms with Crippen LogP contribution in [0.3, 0.4) is 0 Å². The number of hydrogen-bond donors (Lipinski definition) is 1. The van der Waals surface area contributed by atoms with Gasteiger partial charge in [-0.2, -0.15) is 0 Å². The van der Waals surface area contributed by atoms with Gasteiger partial charge in [-0.05, 0) is 36.5 Å². The van der Waals surface area contributed by atoms with Crippen LogP contribution >= 0.6 is 0 Å². The Balaban J connectivity index is 1.82. The van der Waals surface area contributed by atoms with Crippen LogP contribution in [0.4, 0.5) is 0 Å². The number of nitrogens with one attached hydrogen (secondary N) is 1. The van der Waals surface area contributed by atoms with Crippen molar-refractivity contribution in [3.63, 3.8) is 0 Å². The van der Waals surface area contributed by atoms with Gasteiger partial charge in [0, 0.05) is 12.5 Å². The van der Waals surface area contributed by atoms with Gasteiger partial charge in [-0.15, -0.1) is 0 Å². The molecule has 2 rings (SSSR count). The molecule has 1 heterocycles. The van der Waals surface area contributed by atoms with Gasteiger partial charge in [0.2, 0.25) is 5.91 Å². The first-order chi connectivity index (χ1) is 8.66. The number of ether oxygens (including phenoxy) is 1. The third-order valence-corrected chi connectivity index (χ3v) is 3.42. The summed E-state index contributed by atoms with van der Waals surface area (Å²) in [5.41, 5.74) is 1.28. The zero-order valence-electron chi connectivity index (χ0n) is 11.1. The Labute approximate surface area is 109 Å². The molecule has 1 aliphatic rings. The molecule has 1 aliphatic heterocycles. The SMILES string of the molecule is CC(C)c1cccc(OCCC2CCNC2=O)c1. The number of amides is 1. The average Bonchev–Trinajstić information content (AvgIpc) is 2.76. The Morgan fingerprint density at radius 2 is 2.28 bits per heavy atom. The molecule has 1 amide bonds. The van der Waals surface area contributed by atoms with E-state index in [0.29, 0.717) is 12.5 Å². The average molecular weight is 247 g/mol. The van der Waals surface area contributed by atoms with Crippen molar-refractivity contribution < 1.29 is 9.53 Å². The minimum atomic E-state index is 0.137. The molecule has 3 nitrogen and oxygen atoms in total. The molecule has 1 atom stereocenters. The Bertz CT molecular complexity index is 415. The van der Waals surface area contributed by atoms with Gasteiger partial charge in [0.25, 0.3) is 0 Å². The number of carbonyl (C=O) groups is 1. The number of hydrogen-bond acceptors (Lipinski definition) is 2. The minimum Gasteiger partial charge on any atom is -0.494 e. The Kier molecular flexibility index (Phi) is 4.24. The van der Waals surface area contributed by atoms with Crippen molar-refractivity contribution in [3.05, 3.63) is 29.8 Å². The summed E-state index contributed by atoms with van der Waals surface area (Å²) in [6.07, 6.45) is 1.74. The lowest BCUT2D eigenvalue weighted by Gasteiger charge is -2.11. The predicted molar refractivity (Wildman–Crippen MR) is 71.8 cm³/mol. The number of benzene rings is 1. The van der Waals surface area contributed by atoms with E-state index in [2.05, 4.69) is 31.3 Å². The molecule has 0 spiro atoms. The topological polar surface area (TPSA) is 38.3 Å². The first-order valence-electron chi connectivity index (χ1n) is 6.67. The van der Waals surface area contributed by atoms with E-state index in [9.17, 15) is 4.79 Å². The summed E-state index contributed by atoms with van der Waals surface area (Å²) in [5.74, 6) is 1.72. The smallest absolute Gasteiger partial charge is 0.223 e. The molecule has 0 bridgehead atoms. The fourth-order valence-electron chi connectivity index (χ4n) is 2.20. The van der Waals surface area contributed by atoms with Gasteiger partial charge >= 0.3 is 0 Å². The fraction of sp³-hybridized carbons (Fsp3) is 0.533. The molecule has 0 radical (unpaired) electrons. The molecule has 1 N–H and O–H groups in total. The summed E-state index contributed by atoms with van der Waals surface area (Å²) in [7, 11) is 0.